The third-order valence-corrected chi connectivity index (χ3v) is 6.99. The van der Waals surface area contributed by atoms with E-state index >= 15 is 8.78 Å². The number of nitrogens with zero attached hydrogens (tertiary/aromatic N) is 1. The molecule has 192 valence electrons. The van der Waals surface area contributed by atoms with Crippen molar-refractivity contribution in [3.8, 4) is 33.5 Å². The fourth-order valence-electron chi connectivity index (χ4n) is 5.14. The molecule has 5 rings (SSSR count). The van der Waals surface area contributed by atoms with E-state index in [9.17, 15) is 0 Å². The van der Waals surface area contributed by atoms with Crippen LogP contribution in [0, 0.1) is 17.6 Å². The van der Waals surface area contributed by atoms with E-state index in [-0.39, 0.29) is 11.0 Å². The van der Waals surface area contributed by atoms with Gasteiger partial charge in [-0.05, 0) is 92.7 Å². The molecule has 0 radical (unpaired) electrons. The Morgan fingerprint density at radius 1 is 0.711 bits per heavy atom. The average Bonchev–Trinajstić information content (AvgIpc) is 2.87. The number of aromatic nitrogens is 1. The Labute approximate surface area is 224 Å². The standard InChI is InChI=1S/C35H33F2N/c1-22(2)16-23-10-12-24(13-11-23)27-19-31(36)34(32(37)20-27)26-14-15-38-33(21-26)28-17-25-8-6-7-9-29(25)30(18-28)35(3,4)5/h6-15,17-22H,16H2,1-5H3. The maximum absolute atomic E-state index is 15.4. The second kappa shape index (κ2) is 10.1. The van der Waals surface area contributed by atoms with E-state index in [4.69, 9.17) is 0 Å². The van der Waals surface area contributed by atoms with Crippen LogP contribution in [0.3, 0.4) is 0 Å². The van der Waals surface area contributed by atoms with Crippen LogP contribution in [0.5, 0.6) is 0 Å². The highest BCUT2D eigenvalue weighted by Crippen LogP contribution is 2.36. The summed E-state index contributed by atoms with van der Waals surface area (Å²) in [5.74, 6) is -0.621. The zero-order chi connectivity index (χ0) is 27.0. The molecule has 0 aliphatic heterocycles. The highest BCUT2D eigenvalue weighted by molar-refractivity contribution is 5.91. The number of hydrogen-bond acceptors (Lipinski definition) is 1. The number of fused-ring (bicyclic) bond motifs is 1. The Hall–Kier alpha value is -3.85. The summed E-state index contributed by atoms with van der Waals surface area (Å²) >= 11 is 0. The minimum Gasteiger partial charge on any atom is -0.256 e. The molecule has 0 aliphatic rings. The van der Waals surface area contributed by atoms with Crippen molar-refractivity contribution in [1.29, 1.82) is 0 Å². The van der Waals surface area contributed by atoms with Gasteiger partial charge in [-0.3, -0.25) is 4.98 Å². The molecule has 0 atom stereocenters. The van der Waals surface area contributed by atoms with Gasteiger partial charge in [-0.2, -0.15) is 0 Å². The smallest absolute Gasteiger partial charge is 0.134 e. The lowest BCUT2D eigenvalue weighted by Crippen LogP contribution is -2.12. The Morgan fingerprint density at radius 3 is 2.05 bits per heavy atom. The molecule has 0 spiro atoms. The molecule has 5 aromatic rings. The summed E-state index contributed by atoms with van der Waals surface area (Å²) in [7, 11) is 0. The van der Waals surface area contributed by atoms with Crippen LogP contribution in [0.4, 0.5) is 8.78 Å². The summed E-state index contributed by atoms with van der Waals surface area (Å²) in [5.41, 5.74) is 5.71. The number of rotatable bonds is 5. The number of halogens is 2. The first-order valence-corrected chi connectivity index (χ1v) is 13.2. The molecule has 1 nitrogen and oxygen atoms in total. The lowest BCUT2D eigenvalue weighted by Gasteiger charge is -2.22. The molecular formula is C35H33F2N. The quantitative estimate of drug-likeness (QED) is 0.232. The Bertz CT molecular complexity index is 1590. The molecular weight excluding hydrogens is 472 g/mol. The predicted octanol–water partition coefficient (Wildman–Crippen LogP) is 10.0. The minimum atomic E-state index is -0.586. The average molecular weight is 506 g/mol. The Balaban J connectivity index is 1.54. The van der Waals surface area contributed by atoms with Crippen LogP contribution in [0.1, 0.15) is 45.7 Å². The molecule has 0 aliphatic carbocycles. The monoisotopic (exact) mass is 505 g/mol. The van der Waals surface area contributed by atoms with Gasteiger partial charge in [0.15, 0.2) is 0 Å². The highest BCUT2D eigenvalue weighted by atomic mass is 19.1. The third-order valence-electron chi connectivity index (χ3n) is 6.99. The van der Waals surface area contributed by atoms with Crippen LogP contribution in [0.25, 0.3) is 44.3 Å². The predicted molar refractivity (Wildman–Crippen MR) is 155 cm³/mol. The van der Waals surface area contributed by atoms with Crippen molar-refractivity contribution in [1.82, 2.24) is 4.98 Å². The third kappa shape index (κ3) is 5.24. The van der Waals surface area contributed by atoms with Crippen molar-refractivity contribution in [3.63, 3.8) is 0 Å². The summed E-state index contributed by atoms with van der Waals surface area (Å²) in [5, 5.41) is 2.31. The normalized spacial score (nSPS) is 11.9. The first-order valence-electron chi connectivity index (χ1n) is 13.2. The Kier molecular flexibility index (Phi) is 6.88. The van der Waals surface area contributed by atoms with Gasteiger partial charge in [-0.25, -0.2) is 8.78 Å². The van der Waals surface area contributed by atoms with Gasteiger partial charge in [-0.1, -0.05) is 83.1 Å². The molecule has 38 heavy (non-hydrogen) atoms. The van der Waals surface area contributed by atoms with Gasteiger partial charge in [0, 0.05) is 11.8 Å². The van der Waals surface area contributed by atoms with Crippen LogP contribution in [0.15, 0.2) is 91.1 Å². The van der Waals surface area contributed by atoms with E-state index in [0.717, 1.165) is 22.9 Å². The van der Waals surface area contributed by atoms with E-state index in [0.29, 0.717) is 22.7 Å². The van der Waals surface area contributed by atoms with E-state index in [1.165, 1.54) is 28.6 Å². The maximum Gasteiger partial charge on any atom is 0.134 e. The van der Waals surface area contributed by atoms with Gasteiger partial charge in [0.1, 0.15) is 11.6 Å². The fourth-order valence-corrected chi connectivity index (χ4v) is 5.14. The SMILES string of the molecule is CC(C)Cc1ccc(-c2cc(F)c(-c3ccnc(-c4cc(C(C)(C)C)c5ccccc5c4)c3)c(F)c2)cc1. The number of benzene rings is 4. The molecule has 0 saturated carbocycles. The van der Waals surface area contributed by atoms with Gasteiger partial charge >= 0.3 is 0 Å². The van der Waals surface area contributed by atoms with Gasteiger partial charge in [0.2, 0.25) is 0 Å². The van der Waals surface area contributed by atoms with E-state index < -0.39 is 11.6 Å². The first kappa shape index (κ1) is 25.8. The largest absolute Gasteiger partial charge is 0.256 e. The molecule has 0 fully saturated rings. The van der Waals surface area contributed by atoms with Crippen LogP contribution >= 0.6 is 0 Å². The second-order valence-electron chi connectivity index (χ2n) is 11.5. The minimum absolute atomic E-state index is 0.0364. The van der Waals surface area contributed by atoms with Gasteiger partial charge in [-0.15, -0.1) is 0 Å². The van der Waals surface area contributed by atoms with Gasteiger partial charge in [0.25, 0.3) is 0 Å². The highest BCUT2D eigenvalue weighted by Gasteiger charge is 2.20. The Morgan fingerprint density at radius 2 is 1.39 bits per heavy atom. The topological polar surface area (TPSA) is 12.9 Å². The van der Waals surface area contributed by atoms with E-state index in [2.05, 4.69) is 63.9 Å². The van der Waals surface area contributed by atoms with Crippen molar-refractivity contribution in [3.05, 3.63) is 114 Å². The summed E-state index contributed by atoms with van der Waals surface area (Å²) in [6, 6.07) is 26.7. The molecule has 0 bridgehead atoms. The molecule has 3 heteroatoms. The molecule has 0 N–H and O–H groups in total. The van der Waals surface area contributed by atoms with E-state index in [1.54, 1.807) is 18.3 Å². The summed E-state index contributed by atoms with van der Waals surface area (Å²) in [6.07, 6.45) is 2.59. The van der Waals surface area contributed by atoms with Crippen molar-refractivity contribution in [2.75, 3.05) is 0 Å². The van der Waals surface area contributed by atoms with Gasteiger partial charge < -0.3 is 0 Å². The summed E-state index contributed by atoms with van der Waals surface area (Å²) < 4.78 is 30.9. The van der Waals surface area contributed by atoms with Crippen molar-refractivity contribution in [2.45, 2.75) is 46.5 Å². The van der Waals surface area contributed by atoms with Crippen LogP contribution in [-0.4, -0.2) is 4.98 Å². The molecule has 1 aromatic heterocycles. The summed E-state index contributed by atoms with van der Waals surface area (Å²) in [4.78, 5) is 4.57. The maximum atomic E-state index is 15.4. The number of hydrogen-bond donors (Lipinski definition) is 0. The molecule has 1 heterocycles. The van der Waals surface area contributed by atoms with Crippen LogP contribution < -0.4 is 0 Å². The van der Waals surface area contributed by atoms with Crippen LogP contribution in [0.2, 0.25) is 0 Å². The van der Waals surface area contributed by atoms with E-state index in [1.807, 2.05) is 36.4 Å². The zero-order valence-electron chi connectivity index (χ0n) is 22.6. The lowest BCUT2D eigenvalue weighted by molar-refractivity contribution is 0.590. The zero-order valence-corrected chi connectivity index (χ0v) is 22.6. The molecule has 0 amide bonds. The van der Waals surface area contributed by atoms with Gasteiger partial charge in [0.05, 0.1) is 11.3 Å². The molecule has 0 saturated heterocycles. The summed E-state index contributed by atoms with van der Waals surface area (Å²) in [6.45, 7) is 10.9. The molecule has 4 aromatic carbocycles. The lowest BCUT2D eigenvalue weighted by atomic mass is 9.82. The second-order valence-corrected chi connectivity index (χ2v) is 11.5. The fraction of sp³-hybridized carbons (Fsp3) is 0.229. The first-order chi connectivity index (χ1) is 18.1. The van der Waals surface area contributed by atoms with Crippen molar-refractivity contribution in [2.24, 2.45) is 5.92 Å². The molecule has 0 unspecified atom stereocenters. The van der Waals surface area contributed by atoms with Crippen molar-refractivity contribution >= 4 is 10.8 Å². The number of pyridine rings is 1. The van der Waals surface area contributed by atoms with Crippen LogP contribution in [-0.2, 0) is 11.8 Å². The van der Waals surface area contributed by atoms with Crippen molar-refractivity contribution < 1.29 is 8.78 Å².